The zero-order chi connectivity index (χ0) is 13.0. The first-order valence-corrected chi connectivity index (χ1v) is 6.66. The highest BCUT2D eigenvalue weighted by molar-refractivity contribution is 6.31. The summed E-state index contributed by atoms with van der Waals surface area (Å²) in [5.41, 5.74) is 0.412. The highest BCUT2D eigenvalue weighted by atomic mass is 35.5. The van der Waals surface area contributed by atoms with E-state index < -0.39 is 18.8 Å². The van der Waals surface area contributed by atoms with Crippen molar-refractivity contribution in [1.82, 2.24) is 5.32 Å². The summed E-state index contributed by atoms with van der Waals surface area (Å²) in [7, 11) is 0. The van der Waals surface area contributed by atoms with E-state index in [4.69, 9.17) is 11.6 Å². The van der Waals surface area contributed by atoms with Crippen LogP contribution in [0.25, 0.3) is 0 Å². The van der Waals surface area contributed by atoms with Crippen LogP contribution in [0.1, 0.15) is 18.4 Å². The van der Waals surface area contributed by atoms with Gasteiger partial charge >= 0.3 is 0 Å². The molecule has 4 heteroatoms. The molecule has 0 aliphatic heterocycles. The third-order valence-electron chi connectivity index (χ3n) is 3.71. The van der Waals surface area contributed by atoms with Crippen molar-refractivity contribution < 1.29 is 8.78 Å². The smallest absolute Gasteiger partial charge is 0.0976 e. The summed E-state index contributed by atoms with van der Waals surface area (Å²) in [5.74, 6) is 0. The fraction of sp³-hybridized carbons (Fsp3) is 0.571. The predicted molar refractivity (Wildman–Crippen MR) is 70.6 cm³/mol. The van der Waals surface area contributed by atoms with E-state index >= 15 is 0 Å². The van der Waals surface area contributed by atoms with Crippen LogP contribution >= 0.6 is 11.6 Å². The van der Waals surface area contributed by atoms with E-state index in [9.17, 15) is 8.78 Å². The number of benzene rings is 1. The molecule has 100 valence electrons. The van der Waals surface area contributed by atoms with Gasteiger partial charge in [0.2, 0.25) is 0 Å². The Morgan fingerprint density at radius 3 is 2.50 bits per heavy atom. The van der Waals surface area contributed by atoms with Gasteiger partial charge in [0.25, 0.3) is 0 Å². The van der Waals surface area contributed by atoms with Gasteiger partial charge in [0.05, 0.1) is 13.3 Å². The molecule has 0 radical (unpaired) electrons. The molecule has 1 aromatic carbocycles. The summed E-state index contributed by atoms with van der Waals surface area (Å²) in [5, 5.41) is 4.10. The van der Waals surface area contributed by atoms with Crippen LogP contribution in [0.3, 0.4) is 0 Å². The molecular weight excluding hydrogens is 256 g/mol. The number of hydrogen-bond donors (Lipinski definition) is 1. The third kappa shape index (κ3) is 3.01. The molecule has 0 bridgehead atoms. The average molecular weight is 274 g/mol. The molecule has 1 aliphatic rings. The van der Waals surface area contributed by atoms with E-state index in [1.165, 1.54) is 0 Å². The van der Waals surface area contributed by atoms with Gasteiger partial charge in [-0.25, -0.2) is 0 Å². The Kier molecular flexibility index (Phi) is 4.57. The number of rotatable bonds is 6. The maximum absolute atomic E-state index is 12.6. The van der Waals surface area contributed by atoms with Crippen molar-refractivity contribution >= 4 is 11.6 Å². The summed E-state index contributed by atoms with van der Waals surface area (Å²) in [6, 6.07) is 7.98. The van der Waals surface area contributed by atoms with Gasteiger partial charge in [-0.1, -0.05) is 29.8 Å². The largest absolute Gasteiger partial charge is 0.314 e. The molecule has 0 unspecified atom stereocenters. The van der Waals surface area contributed by atoms with Crippen LogP contribution in [0.15, 0.2) is 24.3 Å². The molecule has 1 aliphatic carbocycles. The third-order valence-corrected chi connectivity index (χ3v) is 4.08. The first-order chi connectivity index (χ1) is 8.69. The molecule has 1 aromatic rings. The topological polar surface area (TPSA) is 12.0 Å². The zero-order valence-electron chi connectivity index (χ0n) is 10.3. The fourth-order valence-corrected chi connectivity index (χ4v) is 2.73. The van der Waals surface area contributed by atoms with E-state index in [0.717, 1.165) is 23.6 Å². The average Bonchev–Trinajstić information content (AvgIpc) is 2.35. The predicted octanol–water partition coefficient (Wildman–Crippen LogP) is 3.56. The molecule has 1 nitrogen and oxygen atoms in total. The maximum atomic E-state index is 12.6. The standard InChI is InChI=1S/C14H18ClF2N/c15-13-4-2-1-3-11(13)5-6-18-12-7-14(8-12,9-16)10-17/h1-4,12,18H,5-10H2. The number of alkyl halides is 2. The molecule has 1 fully saturated rings. The molecule has 18 heavy (non-hydrogen) atoms. The van der Waals surface area contributed by atoms with Crippen molar-refractivity contribution in [3.05, 3.63) is 34.9 Å². The lowest BCUT2D eigenvalue weighted by molar-refractivity contribution is 0.0253. The van der Waals surface area contributed by atoms with E-state index in [-0.39, 0.29) is 6.04 Å². The summed E-state index contributed by atoms with van der Waals surface area (Å²) >= 11 is 6.05. The Labute approximate surface area is 112 Å². The second-order valence-electron chi connectivity index (χ2n) is 5.17. The lowest BCUT2D eigenvalue weighted by Gasteiger charge is -2.44. The summed E-state index contributed by atoms with van der Waals surface area (Å²) < 4.78 is 25.2. The van der Waals surface area contributed by atoms with Crippen LogP contribution in [-0.4, -0.2) is 25.9 Å². The molecule has 0 saturated heterocycles. The van der Waals surface area contributed by atoms with E-state index in [2.05, 4.69) is 5.32 Å². The Bertz CT molecular complexity index is 385. The van der Waals surface area contributed by atoms with Crippen LogP contribution in [0, 0.1) is 5.41 Å². The van der Waals surface area contributed by atoms with Gasteiger partial charge in [0, 0.05) is 16.5 Å². The SMILES string of the molecule is FCC1(CF)CC(NCCc2ccccc2Cl)C1. The summed E-state index contributed by atoms with van der Waals surface area (Å²) in [6.07, 6.45) is 2.04. The summed E-state index contributed by atoms with van der Waals surface area (Å²) in [6.45, 7) is -0.304. The highest BCUT2D eigenvalue weighted by Gasteiger charge is 2.44. The monoisotopic (exact) mass is 273 g/mol. The number of hydrogen-bond acceptors (Lipinski definition) is 1. The first-order valence-electron chi connectivity index (χ1n) is 6.28. The lowest BCUT2D eigenvalue weighted by atomic mass is 9.67. The zero-order valence-corrected chi connectivity index (χ0v) is 11.0. The Balaban J connectivity index is 1.71. The van der Waals surface area contributed by atoms with Gasteiger partial charge in [-0.2, -0.15) is 0 Å². The van der Waals surface area contributed by atoms with Crippen molar-refractivity contribution in [2.24, 2.45) is 5.41 Å². The van der Waals surface area contributed by atoms with Crippen LogP contribution < -0.4 is 5.32 Å². The molecular formula is C14H18ClF2N. The summed E-state index contributed by atoms with van der Waals surface area (Å²) in [4.78, 5) is 0. The normalized spacial score (nSPS) is 18.6. The maximum Gasteiger partial charge on any atom is 0.0976 e. The van der Waals surface area contributed by atoms with Gasteiger partial charge in [-0.3, -0.25) is 8.78 Å². The van der Waals surface area contributed by atoms with Crippen LogP contribution in [-0.2, 0) is 6.42 Å². The Hall–Kier alpha value is -0.670. The Morgan fingerprint density at radius 1 is 1.22 bits per heavy atom. The molecule has 1 saturated carbocycles. The van der Waals surface area contributed by atoms with E-state index in [0.29, 0.717) is 12.8 Å². The second kappa shape index (κ2) is 5.98. The van der Waals surface area contributed by atoms with Crippen molar-refractivity contribution in [3.63, 3.8) is 0 Å². The van der Waals surface area contributed by atoms with Gasteiger partial charge in [-0.15, -0.1) is 0 Å². The van der Waals surface area contributed by atoms with Gasteiger partial charge in [-0.05, 0) is 37.4 Å². The van der Waals surface area contributed by atoms with Crippen molar-refractivity contribution in [2.75, 3.05) is 19.9 Å². The molecule has 0 spiro atoms. The molecule has 1 N–H and O–H groups in total. The van der Waals surface area contributed by atoms with Gasteiger partial charge < -0.3 is 5.32 Å². The van der Waals surface area contributed by atoms with Crippen molar-refractivity contribution in [2.45, 2.75) is 25.3 Å². The minimum atomic E-state index is -0.692. The first kappa shape index (κ1) is 13.8. The van der Waals surface area contributed by atoms with Gasteiger partial charge in [0.15, 0.2) is 0 Å². The highest BCUT2D eigenvalue weighted by Crippen LogP contribution is 2.41. The molecule has 2 rings (SSSR count). The van der Waals surface area contributed by atoms with Crippen LogP contribution in [0.2, 0.25) is 5.02 Å². The van der Waals surface area contributed by atoms with Crippen LogP contribution in [0.4, 0.5) is 8.78 Å². The molecule has 0 atom stereocenters. The second-order valence-corrected chi connectivity index (χ2v) is 5.58. The Morgan fingerprint density at radius 2 is 1.89 bits per heavy atom. The minimum absolute atomic E-state index is 0.249. The van der Waals surface area contributed by atoms with Crippen LogP contribution in [0.5, 0.6) is 0 Å². The molecule has 0 aromatic heterocycles. The van der Waals surface area contributed by atoms with Crippen molar-refractivity contribution in [3.8, 4) is 0 Å². The lowest BCUT2D eigenvalue weighted by Crippen LogP contribution is -2.51. The number of halogens is 3. The van der Waals surface area contributed by atoms with Gasteiger partial charge in [0.1, 0.15) is 0 Å². The number of nitrogens with one attached hydrogen (secondary N) is 1. The molecule has 0 heterocycles. The molecule has 0 amide bonds. The fourth-order valence-electron chi connectivity index (χ4n) is 2.50. The minimum Gasteiger partial charge on any atom is -0.314 e. The van der Waals surface area contributed by atoms with E-state index in [1.54, 1.807) is 0 Å². The van der Waals surface area contributed by atoms with E-state index in [1.807, 2.05) is 24.3 Å². The van der Waals surface area contributed by atoms with Crippen molar-refractivity contribution in [1.29, 1.82) is 0 Å². The quantitative estimate of drug-likeness (QED) is 0.836.